The first kappa shape index (κ1) is 12.5. The van der Waals surface area contributed by atoms with E-state index < -0.39 is 11.6 Å². The molecule has 0 saturated heterocycles. The maximum Gasteiger partial charge on any atom is 0.222 e. The highest BCUT2D eigenvalue weighted by molar-refractivity contribution is 5.78. The fourth-order valence-electron chi connectivity index (χ4n) is 2.07. The van der Waals surface area contributed by atoms with Crippen molar-refractivity contribution in [2.24, 2.45) is 0 Å². The summed E-state index contributed by atoms with van der Waals surface area (Å²) in [5, 5.41) is 4.80. The topological polar surface area (TPSA) is 69.6 Å². The van der Waals surface area contributed by atoms with Crippen LogP contribution in [-0.4, -0.2) is 19.7 Å². The Morgan fingerprint density at radius 3 is 2.60 bits per heavy atom. The SMILES string of the molecule is Cc1nc(N)nc2c1cnn2Cc1c(F)cccc1F. The van der Waals surface area contributed by atoms with E-state index in [0.717, 1.165) is 0 Å². The zero-order valence-corrected chi connectivity index (χ0v) is 10.6. The van der Waals surface area contributed by atoms with E-state index in [4.69, 9.17) is 5.73 Å². The maximum atomic E-state index is 13.7. The molecule has 1 aromatic carbocycles. The van der Waals surface area contributed by atoms with Gasteiger partial charge in [-0.15, -0.1) is 0 Å². The number of nitrogen functional groups attached to an aromatic ring is 1. The average Bonchev–Trinajstić information content (AvgIpc) is 2.77. The molecule has 0 atom stereocenters. The Labute approximate surface area is 113 Å². The van der Waals surface area contributed by atoms with E-state index in [1.807, 2.05) is 0 Å². The Kier molecular flexibility index (Phi) is 2.81. The van der Waals surface area contributed by atoms with Crippen molar-refractivity contribution in [2.75, 3.05) is 5.73 Å². The summed E-state index contributed by atoms with van der Waals surface area (Å²) in [5.74, 6) is -1.13. The number of hydrogen-bond donors (Lipinski definition) is 1. The molecule has 3 aromatic rings. The van der Waals surface area contributed by atoms with Gasteiger partial charge >= 0.3 is 0 Å². The predicted molar refractivity (Wildman–Crippen MR) is 69.9 cm³/mol. The first-order valence-corrected chi connectivity index (χ1v) is 5.95. The van der Waals surface area contributed by atoms with E-state index in [0.29, 0.717) is 16.7 Å². The molecule has 20 heavy (non-hydrogen) atoms. The van der Waals surface area contributed by atoms with E-state index in [9.17, 15) is 8.78 Å². The highest BCUT2D eigenvalue weighted by Gasteiger charge is 2.14. The van der Waals surface area contributed by atoms with Crippen molar-refractivity contribution in [3.63, 3.8) is 0 Å². The number of nitrogens with zero attached hydrogens (tertiary/aromatic N) is 4. The van der Waals surface area contributed by atoms with Crippen LogP contribution >= 0.6 is 0 Å². The molecule has 2 heterocycles. The minimum atomic E-state index is -0.618. The normalized spacial score (nSPS) is 11.2. The van der Waals surface area contributed by atoms with Crippen molar-refractivity contribution in [3.8, 4) is 0 Å². The van der Waals surface area contributed by atoms with Crippen LogP contribution in [0.2, 0.25) is 0 Å². The molecule has 2 aromatic heterocycles. The molecule has 5 nitrogen and oxygen atoms in total. The quantitative estimate of drug-likeness (QED) is 0.777. The van der Waals surface area contributed by atoms with Gasteiger partial charge in [-0.2, -0.15) is 10.1 Å². The Bertz CT molecular complexity index is 777. The zero-order valence-electron chi connectivity index (χ0n) is 10.6. The lowest BCUT2D eigenvalue weighted by atomic mass is 10.2. The second kappa shape index (κ2) is 4.52. The number of hydrogen-bond acceptors (Lipinski definition) is 4. The predicted octanol–water partition coefficient (Wildman–Crippen LogP) is 2.04. The molecule has 0 unspecified atom stereocenters. The zero-order chi connectivity index (χ0) is 14.3. The van der Waals surface area contributed by atoms with Crippen molar-refractivity contribution < 1.29 is 8.78 Å². The summed E-state index contributed by atoms with van der Waals surface area (Å²) in [6.07, 6.45) is 1.56. The Hall–Kier alpha value is -2.57. The second-order valence-corrected chi connectivity index (χ2v) is 4.41. The van der Waals surface area contributed by atoms with Crippen molar-refractivity contribution in [3.05, 3.63) is 47.3 Å². The molecular formula is C13H11F2N5. The molecule has 0 fully saturated rings. The van der Waals surface area contributed by atoms with Crippen molar-refractivity contribution in [1.82, 2.24) is 19.7 Å². The van der Waals surface area contributed by atoms with Crippen LogP contribution in [0.1, 0.15) is 11.3 Å². The van der Waals surface area contributed by atoms with E-state index in [1.54, 1.807) is 13.1 Å². The van der Waals surface area contributed by atoms with Gasteiger partial charge in [0.1, 0.15) is 11.6 Å². The monoisotopic (exact) mass is 275 g/mol. The van der Waals surface area contributed by atoms with Crippen LogP contribution in [0.25, 0.3) is 11.0 Å². The van der Waals surface area contributed by atoms with Gasteiger partial charge in [-0.1, -0.05) is 6.07 Å². The van der Waals surface area contributed by atoms with Gasteiger partial charge in [0.15, 0.2) is 5.65 Å². The first-order chi connectivity index (χ1) is 9.56. The minimum absolute atomic E-state index is 0.0576. The number of rotatable bonds is 2. The molecule has 0 saturated carbocycles. The van der Waals surface area contributed by atoms with E-state index >= 15 is 0 Å². The summed E-state index contributed by atoms with van der Waals surface area (Å²) in [6, 6.07) is 3.73. The average molecular weight is 275 g/mol. The van der Waals surface area contributed by atoms with Gasteiger partial charge in [-0.25, -0.2) is 18.4 Å². The van der Waals surface area contributed by atoms with Crippen LogP contribution in [-0.2, 0) is 6.54 Å². The Balaban J connectivity index is 2.12. The van der Waals surface area contributed by atoms with E-state index in [-0.39, 0.29) is 18.1 Å². The van der Waals surface area contributed by atoms with E-state index in [2.05, 4.69) is 15.1 Å². The highest BCUT2D eigenvalue weighted by Crippen LogP contribution is 2.19. The van der Waals surface area contributed by atoms with Crippen LogP contribution in [0, 0.1) is 18.6 Å². The third-order valence-corrected chi connectivity index (χ3v) is 3.07. The summed E-state index contributed by atoms with van der Waals surface area (Å²) < 4.78 is 28.7. The minimum Gasteiger partial charge on any atom is -0.368 e. The van der Waals surface area contributed by atoms with Crippen molar-refractivity contribution >= 4 is 17.0 Å². The van der Waals surface area contributed by atoms with Crippen LogP contribution in [0.5, 0.6) is 0 Å². The fourth-order valence-corrected chi connectivity index (χ4v) is 2.07. The lowest BCUT2D eigenvalue weighted by Gasteiger charge is -2.06. The lowest BCUT2D eigenvalue weighted by Crippen LogP contribution is -2.08. The van der Waals surface area contributed by atoms with Gasteiger partial charge in [0.25, 0.3) is 0 Å². The lowest BCUT2D eigenvalue weighted by molar-refractivity contribution is 0.536. The van der Waals surface area contributed by atoms with Crippen LogP contribution in [0.15, 0.2) is 24.4 Å². The second-order valence-electron chi connectivity index (χ2n) is 4.41. The van der Waals surface area contributed by atoms with Crippen LogP contribution < -0.4 is 5.73 Å². The summed E-state index contributed by atoms with van der Waals surface area (Å²) in [6.45, 7) is 1.72. The smallest absolute Gasteiger partial charge is 0.222 e. The highest BCUT2D eigenvalue weighted by atomic mass is 19.1. The summed E-state index contributed by atoms with van der Waals surface area (Å²) >= 11 is 0. The molecule has 0 amide bonds. The van der Waals surface area contributed by atoms with E-state index in [1.165, 1.54) is 22.9 Å². The summed E-state index contributed by atoms with van der Waals surface area (Å²) in [4.78, 5) is 8.10. The van der Waals surface area contributed by atoms with Gasteiger partial charge in [0.2, 0.25) is 5.95 Å². The largest absolute Gasteiger partial charge is 0.368 e. The molecule has 0 bridgehead atoms. The molecule has 0 spiro atoms. The third kappa shape index (κ3) is 1.97. The molecule has 7 heteroatoms. The van der Waals surface area contributed by atoms with Crippen molar-refractivity contribution in [2.45, 2.75) is 13.5 Å². The molecule has 0 radical (unpaired) electrons. The van der Waals surface area contributed by atoms with Gasteiger partial charge in [0.05, 0.1) is 23.8 Å². The summed E-state index contributed by atoms with van der Waals surface area (Å²) in [5.41, 5.74) is 6.66. The number of nitrogens with two attached hydrogens (primary N) is 1. The number of aryl methyl sites for hydroxylation is 1. The molecule has 3 rings (SSSR count). The van der Waals surface area contributed by atoms with Gasteiger partial charge in [-0.05, 0) is 19.1 Å². The number of fused-ring (bicyclic) bond motifs is 1. The number of aromatic nitrogens is 4. The first-order valence-electron chi connectivity index (χ1n) is 5.95. The van der Waals surface area contributed by atoms with Gasteiger partial charge in [-0.3, -0.25) is 0 Å². The van der Waals surface area contributed by atoms with Crippen LogP contribution in [0.4, 0.5) is 14.7 Å². The molecule has 102 valence electrons. The number of benzene rings is 1. The fraction of sp³-hybridized carbons (Fsp3) is 0.154. The third-order valence-electron chi connectivity index (χ3n) is 3.07. The Morgan fingerprint density at radius 2 is 1.90 bits per heavy atom. The van der Waals surface area contributed by atoms with Crippen LogP contribution in [0.3, 0.4) is 0 Å². The van der Waals surface area contributed by atoms with Gasteiger partial charge in [0, 0.05) is 5.56 Å². The number of anilines is 1. The summed E-state index contributed by atoms with van der Waals surface area (Å²) in [7, 11) is 0. The molecule has 2 N–H and O–H groups in total. The standard InChI is InChI=1S/C13H11F2N5/c1-7-8-5-17-20(12(8)19-13(16)18-7)6-9-10(14)3-2-4-11(9)15/h2-5H,6H2,1H3,(H2,16,18,19). The van der Waals surface area contributed by atoms with Gasteiger partial charge < -0.3 is 5.73 Å². The van der Waals surface area contributed by atoms with Crippen molar-refractivity contribution in [1.29, 1.82) is 0 Å². The Morgan fingerprint density at radius 1 is 1.20 bits per heavy atom. The number of halogens is 2. The maximum absolute atomic E-state index is 13.7. The molecule has 0 aliphatic rings. The molecular weight excluding hydrogens is 264 g/mol. The molecule has 0 aliphatic heterocycles. The molecule has 0 aliphatic carbocycles.